The quantitative estimate of drug-likeness (QED) is 0.292. The number of nitrogens with zero attached hydrogens (tertiary/aromatic N) is 2. The van der Waals surface area contributed by atoms with Crippen LogP contribution in [0.2, 0.25) is 0 Å². The first-order valence-corrected chi connectivity index (χ1v) is 13.2. The van der Waals surface area contributed by atoms with Gasteiger partial charge in [-0.2, -0.15) is 0 Å². The van der Waals surface area contributed by atoms with Crippen LogP contribution in [-0.4, -0.2) is 9.13 Å². The van der Waals surface area contributed by atoms with E-state index < -0.39 is 27.8 Å². The summed E-state index contributed by atoms with van der Waals surface area (Å²) in [5, 5.41) is 0.568. The molecule has 5 aromatic rings. The van der Waals surface area contributed by atoms with Gasteiger partial charge in [-0.1, -0.05) is 46.8 Å². The lowest BCUT2D eigenvalue weighted by Gasteiger charge is -2.27. The zero-order valence-corrected chi connectivity index (χ0v) is 23.1. The lowest BCUT2D eigenvalue weighted by Crippen LogP contribution is -2.42. The van der Waals surface area contributed by atoms with E-state index >= 15 is 0 Å². The summed E-state index contributed by atoms with van der Waals surface area (Å²) in [7, 11) is 0. The van der Waals surface area contributed by atoms with E-state index in [1.807, 2.05) is 45.0 Å². The molecule has 0 unspecified atom stereocenters. The maximum atomic E-state index is 13.3. The van der Waals surface area contributed by atoms with Crippen molar-refractivity contribution in [3.8, 4) is 17.2 Å². The van der Waals surface area contributed by atoms with Crippen LogP contribution in [0, 0.1) is 0 Å². The lowest BCUT2D eigenvalue weighted by molar-refractivity contribution is 0.282. The van der Waals surface area contributed by atoms with Crippen LogP contribution in [0.4, 0.5) is 0 Å². The van der Waals surface area contributed by atoms with Crippen molar-refractivity contribution in [3.05, 3.63) is 108 Å². The van der Waals surface area contributed by atoms with Gasteiger partial charge in [0.05, 0.1) is 27.2 Å². The molecule has 0 saturated heterocycles. The van der Waals surface area contributed by atoms with Gasteiger partial charge in [0.15, 0.2) is 0 Å². The van der Waals surface area contributed by atoms with Crippen molar-refractivity contribution in [2.45, 2.75) is 65.3 Å². The highest BCUT2D eigenvalue weighted by atomic mass is 16.5. The van der Waals surface area contributed by atoms with Gasteiger partial charge in [-0.05, 0) is 79.3 Å². The first-order chi connectivity index (χ1) is 18.4. The predicted octanol–water partition coefficient (Wildman–Crippen LogP) is 5.53. The van der Waals surface area contributed by atoms with Crippen LogP contribution in [-0.2, 0) is 11.0 Å². The molecule has 0 radical (unpaired) electrons. The van der Waals surface area contributed by atoms with Crippen molar-refractivity contribution in [2.75, 3.05) is 0 Å². The van der Waals surface area contributed by atoms with Crippen molar-refractivity contribution in [2.24, 2.45) is 0 Å². The molecule has 2 aromatic heterocycles. The fourth-order valence-corrected chi connectivity index (χ4v) is 5.09. The van der Waals surface area contributed by atoms with Crippen molar-refractivity contribution in [3.63, 3.8) is 0 Å². The molecule has 200 valence electrons. The van der Waals surface area contributed by atoms with E-state index in [0.29, 0.717) is 30.0 Å². The van der Waals surface area contributed by atoms with Crippen LogP contribution in [0.5, 0.6) is 11.5 Å². The molecule has 0 aliphatic rings. The molecule has 0 fully saturated rings. The second-order valence-corrected chi connectivity index (χ2v) is 11.4. The Morgan fingerprint density at radius 3 is 1.44 bits per heavy atom. The molecule has 0 aliphatic heterocycles. The highest BCUT2D eigenvalue weighted by Crippen LogP contribution is 2.28. The Morgan fingerprint density at radius 2 is 1.03 bits per heavy atom. The molecule has 0 amide bonds. The molecule has 2 heterocycles. The maximum absolute atomic E-state index is 13.3. The maximum Gasteiger partial charge on any atom is 0.266 e. The van der Waals surface area contributed by atoms with Gasteiger partial charge in [0.25, 0.3) is 22.2 Å². The first kappa shape index (κ1) is 26.4. The van der Waals surface area contributed by atoms with Gasteiger partial charge in [0, 0.05) is 5.54 Å². The van der Waals surface area contributed by atoms with Gasteiger partial charge in [0.2, 0.25) is 0 Å². The Kier molecular flexibility index (Phi) is 6.21. The van der Waals surface area contributed by atoms with Crippen molar-refractivity contribution in [1.29, 1.82) is 0 Å². The van der Waals surface area contributed by atoms with Gasteiger partial charge < -0.3 is 4.74 Å². The van der Waals surface area contributed by atoms with Crippen LogP contribution in [0.1, 0.15) is 59.9 Å². The summed E-state index contributed by atoms with van der Waals surface area (Å²) < 4.78 is 8.28. The van der Waals surface area contributed by atoms with E-state index in [1.54, 1.807) is 24.3 Å². The Morgan fingerprint density at radius 1 is 0.615 bits per heavy atom. The van der Waals surface area contributed by atoms with Gasteiger partial charge in [-0.25, -0.2) is 4.57 Å². The van der Waals surface area contributed by atoms with Gasteiger partial charge >= 0.3 is 0 Å². The molecule has 0 atom stereocenters. The van der Waals surface area contributed by atoms with Gasteiger partial charge in [0.1, 0.15) is 11.5 Å². The zero-order valence-electron chi connectivity index (χ0n) is 23.1. The third kappa shape index (κ3) is 4.22. The highest BCUT2D eigenvalue weighted by molar-refractivity contribution is 5.98. The molecule has 5 rings (SSSR count). The van der Waals surface area contributed by atoms with Crippen LogP contribution >= 0.6 is 0 Å². The summed E-state index contributed by atoms with van der Waals surface area (Å²) >= 11 is 0. The summed E-state index contributed by atoms with van der Waals surface area (Å²) in [4.78, 5) is 53.2. The molecule has 0 N–H and O–H groups in total. The number of aromatic nitrogens is 2. The number of hydrogen-bond donors (Lipinski definition) is 0. The Labute approximate surface area is 225 Å². The number of benzene rings is 3. The molecule has 39 heavy (non-hydrogen) atoms. The molecular weight excluding hydrogens is 492 g/mol. The van der Waals surface area contributed by atoms with Crippen LogP contribution in [0.15, 0.2) is 79.8 Å². The van der Waals surface area contributed by atoms with Crippen molar-refractivity contribution >= 4 is 21.5 Å². The SMILES string of the molecule is CCC(C)(CC)n1c(=O)c2cc3c(=O)n(-c4ccc(Oc5ccc(C(C)(C)C)cc5)cc4)c(=O)c3cc2c1=O. The van der Waals surface area contributed by atoms with E-state index in [9.17, 15) is 19.2 Å². The van der Waals surface area contributed by atoms with Crippen molar-refractivity contribution in [1.82, 2.24) is 9.13 Å². The lowest BCUT2D eigenvalue weighted by atomic mass is 9.87. The molecule has 3 aromatic carbocycles. The van der Waals surface area contributed by atoms with Crippen LogP contribution in [0.25, 0.3) is 27.2 Å². The predicted molar refractivity (Wildman–Crippen MR) is 156 cm³/mol. The molecule has 7 heteroatoms. The van der Waals surface area contributed by atoms with E-state index in [-0.39, 0.29) is 27.0 Å². The third-order valence-electron chi connectivity index (χ3n) is 8.01. The molecule has 7 nitrogen and oxygen atoms in total. The fourth-order valence-electron chi connectivity index (χ4n) is 5.09. The standard InChI is InChI=1S/C32H32N2O5/c1-7-32(6,8-2)34-29(37)25-17-23-24(18-26(25)30(34)38)28(36)33(27(23)35)20-11-15-22(16-12-20)39-21-13-9-19(10-14-21)31(3,4)5/h9-18H,7-8H2,1-6H3. The van der Waals surface area contributed by atoms with Gasteiger partial charge in [-0.3, -0.25) is 23.7 Å². The number of fused-ring (bicyclic) bond motifs is 2. The minimum absolute atomic E-state index is 0.0399. The second-order valence-electron chi connectivity index (χ2n) is 11.4. The Hall–Kier alpha value is -4.26. The number of ether oxygens (including phenoxy) is 1. The molecular formula is C32H32N2O5. The summed E-state index contributed by atoms with van der Waals surface area (Å²) in [5.41, 5.74) is -0.954. The minimum Gasteiger partial charge on any atom is -0.457 e. The van der Waals surface area contributed by atoms with Crippen LogP contribution in [0.3, 0.4) is 0 Å². The Bertz CT molecular complexity index is 1830. The Balaban J connectivity index is 1.54. The van der Waals surface area contributed by atoms with Gasteiger partial charge in [-0.15, -0.1) is 0 Å². The summed E-state index contributed by atoms with van der Waals surface area (Å²) in [6, 6.07) is 17.3. The topological polar surface area (TPSA) is 87.4 Å². The summed E-state index contributed by atoms with van der Waals surface area (Å²) in [6.45, 7) is 12.2. The fraction of sp³-hybridized carbons (Fsp3) is 0.312. The molecule has 0 bridgehead atoms. The normalized spacial score (nSPS) is 12.5. The number of hydrogen-bond acceptors (Lipinski definition) is 5. The highest BCUT2D eigenvalue weighted by Gasteiger charge is 2.29. The van der Waals surface area contributed by atoms with E-state index in [4.69, 9.17) is 4.74 Å². The largest absolute Gasteiger partial charge is 0.457 e. The van der Waals surface area contributed by atoms with E-state index in [2.05, 4.69) is 20.8 Å². The summed E-state index contributed by atoms with van der Waals surface area (Å²) in [5.74, 6) is 1.24. The molecule has 0 aliphatic carbocycles. The van der Waals surface area contributed by atoms with Crippen molar-refractivity contribution < 1.29 is 4.74 Å². The third-order valence-corrected chi connectivity index (χ3v) is 8.01. The zero-order chi connectivity index (χ0) is 28.3. The molecule has 0 spiro atoms. The minimum atomic E-state index is -0.643. The second kappa shape index (κ2) is 9.19. The first-order valence-electron chi connectivity index (χ1n) is 13.2. The summed E-state index contributed by atoms with van der Waals surface area (Å²) in [6.07, 6.45) is 1.20. The van der Waals surface area contributed by atoms with Crippen LogP contribution < -0.4 is 27.0 Å². The van der Waals surface area contributed by atoms with E-state index in [1.165, 1.54) is 22.3 Å². The monoisotopic (exact) mass is 524 g/mol. The average Bonchev–Trinajstić information content (AvgIpc) is 3.31. The molecule has 0 saturated carbocycles. The number of rotatable bonds is 6. The van der Waals surface area contributed by atoms with E-state index in [0.717, 1.165) is 4.57 Å². The smallest absolute Gasteiger partial charge is 0.266 e. The average molecular weight is 525 g/mol.